The van der Waals surface area contributed by atoms with Crippen LogP contribution in [0.2, 0.25) is 0 Å². The zero-order chi connectivity index (χ0) is 16.2. The van der Waals surface area contributed by atoms with Gasteiger partial charge in [-0.1, -0.05) is 6.92 Å². The minimum absolute atomic E-state index is 0.0906. The van der Waals surface area contributed by atoms with Gasteiger partial charge in [0.05, 0.1) is 6.54 Å². The molecule has 1 rings (SSSR count). The molecule has 0 aliphatic rings. The van der Waals surface area contributed by atoms with Crippen LogP contribution in [0.1, 0.15) is 37.2 Å². The highest BCUT2D eigenvalue weighted by Gasteiger charge is 2.31. The highest BCUT2D eigenvalue weighted by atomic mass is 16.4. The lowest BCUT2D eigenvalue weighted by Gasteiger charge is -2.24. The van der Waals surface area contributed by atoms with Crippen molar-refractivity contribution in [1.82, 2.24) is 5.32 Å². The molecule has 0 spiro atoms. The van der Waals surface area contributed by atoms with Crippen molar-refractivity contribution in [3.63, 3.8) is 0 Å². The van der Waals surface area contributed by atoms with Crippen LogP contribution in [0.25, 0.3) is 0 Å². The number of nitrogens with zero attached hydrogens (tertiary/aromatic N) is 1. The van der Waals surface area contributed by atoms with Crippen LogP contribution in [-0.2, 0) is 9.59 Å². The monoisotopic (exact) mass is 293 g/mol. The molecule has 3 N–H and O–H groups in total. The van der Waals surface area contributed by atoms with Crippen LogP contribution in [0, 0.1) is 25.2 Å². The van der Waals surface area contributed by atoms with Gasteiger partial charge < -0.3 is 9.52 Å². The fourth-order valence-corrected chi connectivity index (χ4v) is 1.65. The average Bonchev–Trinajstić information content (AvgIpc) is 2.70. The molecule has 1 unspecified atom stereocenters. The Morgan fingerprint density at radius 2 is 2.05 bits per heavy atom. The zero-order valence-corrected chi connectivity index (χ0v) is 12.5. The number of aryl methyl sites for hydroxylation is 1. The van der Waals surface area contributed by atoms with Crippen molar-refractivity contribution in [2.24, 2.45) is 0 Å². The van der Waals surface area contributed by atoms with Gasteiger partial charge in [0.2, 0.25) is 11.8 Å². The molecule has 0 bridgehead atoms. The van der Waals surface area contributed by atoms with Crippen LogP contribution in [0.4, 0.5) is 5.88 Å². The summed E-state index contributed by atoms with van der Waals surface area (Å²) < 4.78 is 5.31. The normalized spacial score (nSPS) is 13.3. The van der Waals surface area contributed by atoms with E-state index in [2.05, 4.69) is 10.6 Å². The Hall–Kier alpha value is -2.33. The second-order valence-electron chi connectivity index (χ2n) is 4.99. The van der Waals surface area contributed by atoms with E-state index >= 15 is 0 Å². The van der Waals surface area contributed by atoms with E-state index in [1.165, 1.54) is 6.92 Å². The zero-order valence-electron chi connectivity index (χ0n) is 12.5. The Bertz CT molecular complexity index is 600. The Balaban J connectivity index is 2.74. The predicted molar refractivity (Wildman–Crippen MR) is 75.9 cm³/mol. The fraction of sp³-hybridized carbons (Fsp3) is 0.500. The number of furan rings is 1. The van der Waals surface area contributed by atoms with Crippen LogP contribution in [0.15, 0.2) is 4.42 Å². The lowest BCUT2D eigenvalue weighted by atomic mass is 9.99. The van der Waals surface area contributed by atoms with E-state index in [1.54, 1.807) is 20.8 Å². The van der Waals surface area contributed by atoms with Gasteiger partial charge >= 0.3 is 5.97 Å². The molecule has 1 amide bonds. The minimum atomic E-state index is -1.18. The average molecular weight is 293 g/mol. The van der Waals surface area contributed by atoms with E-state index in [-0.39, 0.29) is 18.0 Å². The summed E-state index contributed by atoms with van der Waals surface area (Å²) in [6.07, 6.45) is 0.331. The van der Waals surface area contributed by atoms with Gasteiger partial charge in [0.25, 0.3) is 0 Å². The van der Waals surface area contributed by atoms with Gasteiger partial charge in [-0.05, 0) is 27.2 Å². The Morgan fingerprint density at radius 3 is 2.52 bits per heavy atom. The van der Waals surface area contributed by atoms with Gasteiger partial charge in [-0.15, -0.1) is 0 Å². The van der Waals surface area contributed by atoms with Crippen LogP contribution < -0.4 is 10.6 Å². The number of carboxylic acids is 1. The Morgan fingerprint density at radius 1 is 1.43 bits per heavy atom. The van der Waals surface area contributed by atoms with Crippen molar-refractivity contribution < 1.29 is 19.1 Å². The standard InChI is InChI=1S/C14H19N3O4/c1-5-14(4,13(19)20)16-7-11(18)17-12-10(6-15)8(2)9(3)21-12/h16H,5,7H2,1-4H3,(H,17,18)(H,19,20). The number of rotatable bonds is 6. The molecule has 0 aliphatic heterocycles. The summed E-state index contributed by atoms with van der Waals surface area (Å²) in [6, 6.07) is 1.97. The molecule has 114 valence electrons. The fourth-order valence-electron chi connectivity index (χ4n) is 1.65. The smallest absolute Gasteiger partial charge is 0.323 e. The van der Waals surface area contributed by atoms with Crippen molar-refractivity contribution in [1.29, 1.82) is 5.26 Å². The molecular formula is C14H19N3O4. The van der Waals surface area contributed by atoms with Crippen molar-refractivity contribution in [3.8, 4) is 6.07 Å². The number of aliphatic carboxylic acids is 1. The van der Waals surface area contributed by atoms with E-state index in [0.29, 0.717) is 17.7 Å². The molecule has 0 saturated carbocycles. The lowest BCUT2D eigenvalue weighted by Crippen LogP contribution is -2.51. The number of carbonyl (C=O) groups is 2. The molecular weight excluding hydrogens is 274 g/mol. The highest BCUT2D eigenvalue weighted by molar-refractivity contribution is 5.93. The van der Waals surface area contributed by atoms with Gasteiger partial charge in [0.1, 0.15) is 22.9 Å². The molecule has 1 aromatic rings. The first-order valence-electron chi connectivity index (χ1n) is 6.53. The number of nitriles is 1. The van der Waals surface area contributed by atoms with Crippen LogP contribution in [0.3, 0.4) is 0 Å². The Kier molecular flexibility index (Phi) is 5.11. The Labute approximate surface area is 122 Å². The molecule has 0 aromatic carbocycles. The minimum Gasteiger partial charge on any atom is -0.480 e. The predicted octanol–water partition coefficient (Wildman–Crippen LogP) is 1.55. The maximum atomic E-state index is 11.9. The molecule has 1 atom stereocenters. The SMILES string of the molecule is CCC(C)(NCC(=O)Nc1oc(C)c(C)c1C#N)C(=O)O. The number of hydrogen-bond donors (Lipinski definition) is 3. The summed E-state index contributed by atoms with van der Waals surface area (Å²) in [6.45, 7) is 6.45. The number of nitrogens with one attached hydrogen (secondary N) is 2. The summed E-state index contributed by atoms with van der Waals surface area (Å²) in [4.78, 5) is 23.0. The summed E-state index contributed by atoms with van der Waals surface area (Å²) in [7, 11) is 0. The van der Waals surface area contributed by atoms with E-state index in [1.807, 2.05) is 6.07 Å². The van der Waals surface area contributed by atoms with Crippen LogP contribution in [-0.4, -0.2) is 29.1 Å². The third kappa shape index (κ3) is 3.61. The summed E-state index contributed by atoms with van der Waals surface area (Å²) >= 11 is 0. The second kappa shape index (κ2) is 6.41. The van der Waals surface area contributed by atoms with Gasteiger partial charge in [-0.3, -0.25) is 20.2 Å². The number of anilines is 1. The third-order valence-electron chi connectivity index (χ3n) is 3.57. The van der Waals surface area contributed by atoms with Crippen molar-refractivity contribution >= 4 is 17.8 Å². The molecule has 1 heterocycles. The quantitative estimate of drug-likeness (QED) is 0.733. The number of carboxylic acid groups (broad SMARTS) is 1. The van der Waals surface area contributed by atoms with Gasteiger partial charge in [0, 0.05) is 5.56 Å². The molecule has 7 nitrogen and oxygen atoms in total. The molecule has 0 fully saturated rings. The lowest BCUT2D eigenvalue weighted by molar-refractivity contribution is -0.144. The third-order valence-corrected chi connectivity index (χ3v) is 3.57. The van der Waals surface area contributed by atoms with E-state index in [9.17, 15) is 9.59 Å². The molecule has 0 aliphatic carbocycles. The highest BCUT2D eigenvalue weighted by Crippen LogP contribution is 2.25. The molecule has 7 heteroatoms. The summed E-state index contributed by atoms with van der Waals surface area (Å²) in [5, 5.41) is 23.3. The molecule has 0 saturated heterocycles. The van der Waals surface area contributed by atoms with Gasteiger partial charge in [-0.2, -0.15) is 5.26 Å². The van der Waals surface area contributed by atoms with Crippen LogP contribution in [0.5, 0.6) is 0 Å². The number of amides is 1. The van der Waals surface area contributed by atoms with E-state index < -0.39 is 17.4 Å². The second-order valence-corrected chi connectivity index (χ2v) is 4.99. The van der Waals surface area contributed by atoms with Crippen LogP contribution >= 0.6 is 0 Å². The maximum Gasteiger partial charge on any atom is 0.323 e. The first-order chi connectivity index (χ1) is 9.75. The van der Waals surface area contributed by atoms with E-state index in [4.69, 9.17) is 14.8 Å². The van der Waals surface area contributed by atoms with Crippen molar-refractivity contribution in [2.45, 2.75) is 39.7 Å². The molecule has 0 radical (unpaired) electrons. The largest absolute Gasteiger partial charge is 0.480 e. The molecule has 1 aromatic heterocycles. The van der Waals surface area contributed by atoms with Crippen molar-refractivity contribution in [2.75, 3.05) is 11.9 Å². The maximum absolute atomic E-state index is 11.9. The first-order valence-corrected chi connectivity index (χ1v) is 6.53. The van der Waals surface area contributed by atoms with E-state index in [0.717, 1.165) is 0 Å². The first kappa shape index (κ1) is 16.7. The van der Waals surface area contributed by atoms with Crippen molar-refractivity contribution in [3.05, 3.63) is 16.9 Å². The number of carbonyl (C=O) groups excluding carboxylic acids is 1. The van der Waals surface area contributed by atoms with Gasteiger partial charge in [0.15, 0.2) is 0 Å². The molecule has 21 heavy (non-hydrogen) atoms. The topological polar surface area (TPSA) is 115 Å². The summed E-state index contributed by atoms with van der Waals surface area (Å²) in [5.41, 5.74) is -0.230. The van der Waals surface area contributed by atoms with Gasteiger partial charge in [-0.25, -0.2) is 0 Å². The summed E-state index contributed by atoms with van der Waals surface area (Å²) in [5.74, 6) is -0.854. The number of hydrogen-bond acceptors (Lipinski definition) is 5.